The lowest BCUT2D eigenvalue weighted by atomic mass is 10.2. The van der Waals surface area contributed by atoms with Gasteiger partial charge in [-0.15, -0.1) is 0 Å². The Hall–Kier alpha value is -1.25. The van der Waals surface area contributed by atoms with Gasteiger partial charge in [0.15, 0.2) is 0 Å². The number of benzene rings is 1. The van der Waals surface area contributed by atoms with Crippen LogP contribution in [0.2, 0.25) is 0 Å². The van der Waals surface area contributed by atoms with E-state index in [1.54, 1.807) is 13.8 Å². The molecule has 0 saturated carbocycles. The van der Waals surface area contributed by atoms with Crippen LogP contribution < -0.4 is 4.74 Å². The highest BCUT2D eigenvalue weighted by atomic mass is 127. The summed E-state index contributed by atoms with van der Waals surface area (Å²) in [6.45, 7) is 3.65. The minimum atomic E-state index is -4.50. The van der Waals surface area contributed by atoms with E-state index in [2.05, 4.69) is 0 Å². The number of rotatable bonds is 6. The normalized spacial score (nSPS) is 13.2. The quantitative estimate of drug-likeness (QED) is 0.378. The second-order valence-electron chi connectivity index (χ2n) is 4.31. The molecule has 0 N–H and O–H groups in total. The van der Waals surface area contributed by atoms with Gasteiger partial charge in [0.25, 0.3) is 0 Å². The zero-order chi connectivity index (χ0) is 16.8. The molecule has 0 amide bonds. The molecule has 0 aliphatic heterocycles. The first kappa shape index (κ1) is 18.8. The molecule has 1 atom stereocenters. The maximum absolute atomic E-state index is 13.0. The van der Waals surface area contributed by atoms with E-state index in [-0.39, 0.29) is 12.4 Å². The minimum absolute atomic E-state index is 0.232. The number of carbonyl (C=O) groups excluding carboxylic acids is 1. The topological polar surface area (TPSA) is 35.5 Å². The van der Waals surface area contributed by atoms with E-state index >= 15 is 0 Å². The van der Waals surface area contributed by atoms with Crippen LogP contribution in [0.25, 0.3) is 0 Å². The van der Waals surface area contributed by atoms with Crippen LogP contribution in [0, 0.1) is 3.57 Å². The fourth-order valence-corrected chi connectivity index (χ4v) is 2.09. The third-order valence-corrected chi connectivity index (χ3v) is 3.33. The monoisotopic (exact) mass is 428 g/mol. The van der Waals surface area contributed by atoms with E-state index in [1.165, 1.54) is 24.3 Å². The van der Waals surface area contributed by atoms with E-state index in [0.29, 0.717) is 9.99 Å². The van der Waals surface area contributed by atoms with Gasteiger partial charge in [-0.25, -0.2) is 4.79 Å². The van der Waals surface area contributed by atoms with Crippen molar-refractivity contribution in [2.75, 3.05) is 6.61 Å². The minimum Gasteiger partial charge on any atom is -0.486 e. The van der Waals surface area contributed by atoms with Gasteiger partial charge < -0.3 is 9.47 Å². The van der Waals surface area contributed by atoms with Crippen molar-refractivity contribution < 1.29 is 27.4 Å². The van der Waals surface area contributed by atoms with Crippen molar-refractivity contribution in [2.24, 2.45) is 0 Å². The van der Waals surface area contributed by atoms with Crippen LogP contribution in [-0.2, 0) is 15.7 Å². The van der Waals surface area contributed by atoms with E-state index in [9.17, 15) is 18.0 Å². The van der Waals surface area contributed by atoms with Crippen LogP contribution in [0.5, 0.6) is 5.75 Å². The van der Waals surface area contributed by atoms with Gasteiger partial charge >= 0.3 is 12.1 Å². The summed E-state index contributed by atoms with van der Waals surface area (Å²) in [5, 5.41) is 0. The highest BCUT2D eigenvalue weighted by Crippen LogP contribution is 2.37. The first-order chi connectivity index (χ1) is 10.3. The predicted molar refractivity (Wildman–Crippen MR) is 84.6 cm³/mol. The van der Waals surface area contributed by atoms with E-state index in [4.69, 9.17) is 9.47 Å². The van der Waals surface area contributed by atoms with Crippen LogP contribution >= 0.6 is 22.6 Å². The summed E-state index contributed by atoms with van der Waals surface area (Å²) in [7, 11) is 0. The predicted octanol–water partition coefficient (Wildman–Crippen LogP) is 4.59. The Morgan fingerprint density at radius 2 is 2.05 bits per heavy atom. The standard InChI is InChI=1S/C15H16F3IO3/c1-3-11(6-8-14(20)21-4-2)22-13-9-10(19)5-7-12(13)15(16,17)18/h5-9,11H,3-4H2,1-2H3. The molecule has 1 aromatic carbocycles. The first-order valence-corrected chi connectivity index (χ1v) is 7.74. The van der Waals surface area contributed by atoms with E-state index in [0.717, 1.165) is 6.07 Å². The van der Waals surface area contributed by atoms with E-state index < -0.39 is 23.8 Å². The molecule has 22 heavy (non-hydrogen) atoms. The maximum Gasteiger partial charge on any atom is 0.419 e. The Morgan fingerprint density at radius 3 is 2.59 bits per heavy atom. The number of hydrogen-bond acceptors (Lipinski definition) is 3. The largest absolute Gasteiger partial charge is 0.486 e. The summed E-state index contributed by atoms with van der Waals surface area (Å²) in [6.07, 6.45) is -2.16. The molecule has 0 radical (unpaired) electrons. The van der Waals surface area contributed by atoms with Crippen molar-refractivity contribution in [2.45, 2.75) is 32.5 Å². The Morgan fingerprint density at radius 1 is 1.36 bits per heavy atom. The number of hydrogen-bond donors (Lipinski definition) is 0. The molecule has 0 bridgehead atoms. The summed E-state index contributed by atoms with van der Waals surface area (Å²) in [5.74, 6) is -0.803. The van der Waals surface area contributed by atoms with Crippen molar-refractivity contribution in [3.63, 3.8) is 0 Å². The molecule has 0 aromatic heterocycles. The number of alkyl halides is 3. The van der Waals surface area contributed by atoms with Gasteiger partial charge in [-0.3, -0.25) is 0 Å². The summed E-state index contributed by atoms with van der Waals surface area (Å²) >= 11 is 1.91. The highest BCUT2D eigenvalue weighted by Gasteiger charge is 2.34. The lowest BCUT2D eigenvalue weighted by Crippen LogP contribution is -2.17. The maximum atomic E-state index is 13.0. The Kier molecular flexibility index (Phi) is 7.18. The van der Waals surface area contributed by atoms with Crippen molar-refractivity contribution in [3.8, 4) is 5.75 Å². The molecular formula is C15H16F3IO3. The molecular weight excluding hydrogens is 412 g/mol. The average molecular weight is 428 g/mol. The fourth-order valence-electron chi connectivity index (χ4n) is 1.63. The Balaban J connectivity index is 2.96. The molecule has 0 aliphatic carbocycles. The molecule has 3 nitrogen and oxygen atoms in total. The van der Waals surface area contributed by atoms with Crippen molar-refractivity contribution in [1.82, 2.24) is 0 Å². The third kappa shape index (κ3) is 5.86. The Bertz CT molecular complexity index is 541. The third-order valence-electron chi connectivity index (χ3n) is 2.66. The highest BCUT2D eigenvalue weighted by molar-refractivity contribution is 14.1. The summed E-state index contributed by atoms with van der Waals surface area (Å²) in [4.78, 5) is 11.3. The molecule has 1 rings (SSSR count). The van der Waals surface area contributed by atoms with Crippen molar-refractivity contribution in [1.29, 1.82) is 0 Å². The molecule has 0 spiro atoms. The molecule has 0 saturated heterocycles. The molecule has 1 aromatic rings. The second-order valence-corrected chi connectivity index (χ2v) is 5.56. The Labute approximate surface area is 140 Å². The van der Waals surface area contributed by atoms with Gasteiger partial charge in [-0.2, -0.15) is 13.2 Å². The van der Waals surface area contributed by atoms with Crippen molar-refractivity contribution >= 4 is 28.6 Å². The molecule has 0 aliphatic rings. The lowest BCUT2D eigenvalue weighted by Gasteiger charge is -2.18. The van der Waals surface area contributed by atoms with Crippen LogP contribution in [0.4, 0.5) is 13.2 Å². The SMILES string of the molecule is CCOC(=O)C=CC(CC)Oc1cc(I)ccc1C(F)(F)F. The molecule has 0 heterocycles. The fraction of sp³-hybridized carbons (Fsp3) is 0.400. The van der Waals surface area contributed by atoms with Gasteiger partial charge in [0.05, 0.1) is 12.2 Å². The van der Waals surface area contributed by atoms with Crippen molar-refractivity contribution in [3.05, 3.63) is 39.5 Å². The molecule has 1 unspecified atom stereocenters. The van der Waals surface area contributed by atoms with E-state index in [1.807, 2.05) is 22.6 Å². The number of esters is 1. The first-order valence-electron chi connectivity index (χ1n) is 6.66. The summed E-state index contributed by atoms with van der Waals surface area (Å²) < 4.78 is 49.7. The number of halogens is 4. The van der Waals surface area contributed by atoms with Crippen LogP contribution in [0.3, 0.4) is 0 Å². The lowest BCUT2D eigenvalue weighted by molar-refractivity contribution is -0.139. The number of carbonyl (C=O) groups is 1. The van der Waals surface area contributed by atoms with Gasteiger partial charge in [0.2, 0.25) is 0 Å². The zero-order valence-electron chi connectivity index (χ0n) is 12.1. The number of ether oxygens (including phenoxy) is 2. The zero-order valence-corrected chi connectivity index (χ0v) is 14.3. The molecule has 7 heteroatoms. The van der Waals surface area contributed by atoms with Gasteiger partial charge in [0, 0.05) is 9.65 Å². The molecule has 0 fully saturated rings. The summed E-state index contributed by atoms with van der Waals surface area (Å²) in [5.41, 5.74) is -0.837. The smallest absolute Gasteiger partial charge is 0.419 e. The molecule has 122 valence electrons. The van der Waals surface area contributed by atoms with Gasteiger partial charge in [0.1, 0.15) is 11.9 Å². The average Bonchev–Trinajstić information content (AvgIpc) is 2.42. The second kappa shape index (κ2) is 8.40. The summed E-state index contributed by atoms with van der Waals surface area (Å²) in [6, 6.07) is 3.68. The van der Waals surface area contributed by atoms with Crippen LogP contribution in [-0.4, -0.2) is 18.7 Å². The van der Waals surface area contributed by atoms with Gasteiger partial charge in [-0.1, -0.05) is 6.92 Å². The van der Waals surface area contributed by atoms with Crippen LogP contribution in [0.15, 0.2) is 30.4 Å². The van der Waals surface area contributed by atoms with Gasteiger partial charge in [-0.05, 0) is 60.2 Å². The van der Waals surface area contributed by atoms with Crippen LogP contribution in [0.1, 0.15) is 25.8 Å².